The fraction of sp³-hybridized carbons (Fsp3) is 0.269. The van der Waals surface area contributed by atoms with Gasteiger partial charge in [0.15, 0.2) is 5.65 Å². The van der Waals surface area contributed by atoms with Crippen molar-refractivity contribution in [2.24, 2.45) is 0 Å². The van der Waals surface area contributed by atoms with E-state index in [1.165, 1.54) is 6.33 Å². The van der Waals surface area contributed by atoms with Crippen LogP contribution in [0.4, 0.5) is 5.82 Å². The fourth-order valence-corrected chi connectivity index (χ4v) is 4.58. The molecule has 0 unspecified atom stereocenters. The zero-order valence-electron chi connectivity index (χ0n) is 19.5. The summed E-state index contributed by atoms with van der Waals surface area (Å²) < 4.78 is 1.86. The topological polar surface area (TPSA) is 119 Å². The number of hydrogen-bond donors (Lipinski definition) is 2. The molecule has 4 aromatic rings. The lowest BCUT2D eigenvalue weighted by molar-refractivity contribution is -0.130. The summed E-state index contributed by atoms with van der Waals surface area (Å²) in [7, 11) is 0. The Morgan fingerprint density at radius 1 is 1.11 bits per heavy atom. The summed E-state index contributed by atoms with van der Waals surface area (Å²) in [5.41, 5.74) is 9.83. The van der Waals surface area contributed by atoms with Gasteiger partial charge in [-0.25, -0.2) is 14.6 Å². The SMILES string of the molecule is CC(=O)N1CCC[C@@H](n2nc(-c3cccc(C(=O)NCc4ccccc4)c3)c3c(N)ncnc32)C1. The lowest BCUT2D eigenvalue weighted by atomic mass is 10.1. The molecule has 0 spiro atoms. The monoisotopic (exact) mass is 469 g/mol. The molecule has 0 bridgehead atoms. The van der Waals surface area contributed by atoms with Gasteiger partial charge in [-0.1, -0.05) is 42.5 Å². The van der Waals surface area contributed by atoms with Crippen LogP contribution in [-0.2, 0) is 11.3 Å². The Balaban J connectivity index is 1.48. The minimum absolute atomic E-state index is 0.0180. The van der Waals surface area contributed by atoms with Crippen LogP contribution in [-0.4, -0.2) is 49.6 Å². The van der Waals surface area contributed by atoms with E-state index in [2.05, 4.69) is 15.3 Å². The molecule has 3 N–H and O–H groups in total. The minimum Gasteiger partial charge on any atom is -0.383 e. The van der Waals surface area contributed by atoms with Crippen LogP contribution in [0.15, 0.2) is 60.9 Å². The normalized spacial score (nSPS) is 15.8. The van der Waals surface area contributed by atoms with E-state index < -0.39 is 0 Å². The third-order valence-corrected chi connectivity index (χ3v) is 6.40. The number of nitrogens with two attached hydrogens (primary N) is 1. The van der Waals surface area contributed by atoms with Gasteiger partial charge in [-0.15, -0.1) is 0 Å². The largest absolute Gasteiger partial charge is 0.383 e. The number of nitrogens with zero attached hydrogens (tertiary/aromatic N) is 5. The summed E-state index contributed by atoms with van der Waals surface area (Å²) in [6.07, 6.45) is 3.20. The Hall–Kier alpha value is -4.27. The summed E-state index contributed by atoms with van der Waals surface area (Å²) >= 11 is 0. The number of carbonyl (C=O) groups excluding carboxylic acids is 2. The smallest absolute Gasteiger partial charge is 0.251 e. The summed E-state index contributed by atoms with van der Waals surface area (Å²) in [5.74, 6) is 0.206. The van der Waals surface area contributed by atoms with Gasteiger partial charge in [0.05, 0.1) is 11.4 Å². The molecule has 178 valence electrons. The Labute approximate surface area is 203 Å². The molecule has 1 aliphatic rings. The number of aromatic nitrogens is 4. The number of nitrogens with one attached hydrogen (secondary N) is 1. The van der Waals surface area contributed by atoms with Crippen molar-refractivity contribution in [3.05, 3.63) is 72.1 Å². The molecule has 9 nitrogen and oxygen atoms in total. The van der Waals surface area contributed by atoms with E-state index in [0.29, 0.717) is 41.2 Å². The second kappa shape index (κ2) is 9.54. The van der Waals surface area contributed by atoms with Crippen LogP contribution in [0.1, 0.15) is 41.7 Å². The van der Waals surface area contributed by atoms with Crippen LogP contribution in [0.3, 0.4) is 0 Å². The quantitative estimate of drug-likeness (QED) is 0.463. The van der Waals surface area contributed by atoms with Gasteiger partial charge in [-0.3, -0.25) is 9.59 Å². The van der Waals surface area contributed by atoms with Gasteiger partial charge in [-0.2, -0.15) is 5.10 Å². The Morgan fingerprint density at radius 3 is 2.74 bits per heavy atom. The number of likely N-dealkylation sites (tertiary alicyclic amines) is 1. The second-order valence-electron chi connectivity index (χ2n) is 8.76. The number of hydrogen-bond acceptors (Lipinski definition) is 6. The highest BCUT2D eigenvalue weighted by atomic mass is 16.2. The van der Waals surface area contributed by atoms with Crippen molar-refractivity contribution in [1.82, 2.24) is 30.0 Å². The minimum atomic E-state index is -0.173. The van der Waals surface area contributed by atoms with E-state index in [4.69, 9.17) is 10.8 Å². The molecule has 5 rings (SSSR count). The van der Waals surface area contributed by atoms with Gasteiger partial charge in [0.1, 0.15) is 17.8 Å². The average Bonchev–Trinajstić information content (AvgIpc) is 3.29. The van der Waals surface area contributed by atoms with E-state index in [0.717, 1.165) is 30.5 Å². The molecule has 1 atom stereocenters. The van der Waals surface area contributed by atoms with Crippen molar-refractivity contribution in [2.45, 2.75) is 32.4 Å². The number of nitrogen functional groups attached to an aromatic ring is 1. The van der Waals surface area contributed by atoms with Crippen LogP contribution in [0.25, 0.3) is 22.3 Å². The lowest BCUT2D eigenvalue weighted by Gasteiger charge is -2.32. The molecule has 1 fully saturated rings. The number of benzene rings is 2. The molecule has 2 aromatic carbocycles. The van der Waals surface area contributed by atoms with Crippen molar-refractivity contribution >= 4 is 28.7 Å². The molecule has 1 aliphatic heterocycles. The van der Waals surface area contributed by atoms with Gasteiger partial charge in [0.25, 0.3) is 5.91 Å². The van der Waals surface area contributed by atoms with Crippen molar-refractivity contribution in [3.8, 4) is 11.3 Å². The molecule has 3 heterocycles. The highest BCUT2D eigenvalue weighted by Crippen LogP contribution is 2.34. The highest BCUT2D eigenvalue weighted by molar-refractivity contribution is 6.00. The maximum atomic E-state index is 12.9. The Kier molecular flexibility index (Phi) is 6.13. The Morgan fingerprint density at radius 2 is 1.94 bits per heavy atom. The first kappa shape index (κ1) is 22.5. The van der Waals surface area contributed by atoms with Crippen molar-refractivity contribution < 1.29 is 9.59 Å². The maximum absolute atomic E-state index is 12.9. The molecule has 35 heavy (non-hydrogen) atoms. The third kappa shape index (κ3) is 4.57. The number of piperidine rings is 1. The first-order valence-electron chi connectivity index (χ1n) is 11.7. The molecule has 0 aliphatic carbocycles. The fourth-order valence-electron chi connectivity index (χ4n) is 4.58. The summed E-state index contributed by atoms with van der Waals surface area (Å²) in [6.45, 7) is 3.34. The van der Waals surface area contributed by atoms with Gasteiger partial charge in [-0.05, 0) is 30.5 Å². The second-order valence-corrected chi connectivity index (χ2v) is 8.76. The molecule has 1 saturated heterocycles. The van der Waals surface area contributed by atoms with Gasteiger partial charge < -0.3 is 16.0 Å². The number of amides is 2. The van der Waals surface area contributed by atoms with E-state index in [1.807, 2.05) is 58.1 Å². The van der Waals surface area contributed by atoms with Crippen LogP contribution in [0.2, 0.25) is 0 Å². The number of fused-ring (bicyclic) bond motifs is 1. The van der Waals surface area contributed by atoms with E-state index >= 15 is 0 Å². The van der Waals surface area contributed by atoms with Gasteiger partial charge in [0.2, 0.25) is 5.91 Å². The van der Waals surface area contributed by atoms with Crippen molar-refractivity contribution in [2.75, 3.05) is 18.8 Å². The molecular formula is C26H27N7O2. The van der Waals surface area contributed by atoms with Crippen LogP contribution in [0.5, 0.6) is 0 Å². The predicted octanol–water partition coefficient (Wildman–Crippen LogP) is 3.19. The van der Waals surface area contributed by atoms with Crippen LogP contribution in [0, 0.1) is 0 Å². The van der Waals surface area contributed by atoms with Crippen molar-refractivity contribution in [3.63, 3.8) is 0 Å². The molecular weight excluding hydrogens is 442 g/mol. The third-order valence-electron chi connectivity index (χ3n) is 6.40. The van der Waals surface area contributed by atoms with Crippen molar-refractivity contribution in [1.29, 1.82) is 0 Å². The van der Waals surface area contributed by atoms with Gasteiger partial charge in [0, 0.05) is 37.7 Å². The first-order chi connectivity index (χ1) is 17.0. The number of rotatable bonds is 5. The van der Waals surface area contributed by atoms with Gasteiger partial charge >= 0.3 is 0 Å². The number of carbonyl (C=O) groups is 2. The van der Waals surface area contributed by atoms with E-state index in [-0.39, 0.29) is 17.9 Å². The summed E-state index contributed by atoms with van der Waals surface area (Å²) in [6, 6.07) is 17.1. The van der Waals surface area contributed by atoms with Crippen LogP contribution < -0.4 is 11.1 Å². The molecule has 2 aromatic heterocycles. The van der Waals surface area contributed by atoms with E-state index in [9.17, 15) is 9.59 Å². The predicted molar refractivity (Wildman–Crippen MR) is 133 cm³/mol. The molecule has 2 amide bonds. The standard InChI is InChI=1S/C26H27N7O2/c1-17(34)32-12-6-11-21(15-32)33-25-22(24(27)29-16-30-25)23(31-33)19-9-5-10-20(13-19)26(35)28-14-18-7-3-2-4-8-18/h2-5,7-10,13,16,21H,6,11-12,14-15H2,1H3,(H,28,35)(H2,27,29,30)/t21-/m1/s1. The lowest BCUT2D eigenvalue weighted by Crippen LogP contribution is -2.39. The molecule has 0 radical (unpaired) electrons. The molecule has 0 saturated carbocycles. The zero-order chi connectivity index (χ0) is 24.4. The zero-order valence-corrected chi connectivity index (χ0v) is 19.5. The molecule has 9 heteroatoms. The summed E-state index contributed by atoms with van der Waals surface area (Å²) in [4.78, 5) is 35.3. The highest BCUT2D eigenvalue weighted by Gasteiger charge is 2.27. The van der Waals surface area contributed by atoms with E-state index in [1.54, 1.807) is 13.0 Å². The number of anilines is 1. The van der Waals surface area contributed by atoms with Crippen LogP contribution >= 0.6 is 0 Å². The summed E-state index contributed by atoms with van der Waals surface area (Å²) in [5, 5.41) is 8.51. The maximum Gasteiger partial charge on any atom is 0.251 e. The first-order valence-corrected chi connectivity index (χ1v) is 11.7. The average molecular weight is 470 g/mol. The Bertz CT molecular complexity index is 1380.